The Balaban J connectivity index is 2.05. The minimum Gasteiger partial charge on any atom is -0.487 e. The Morgan fingerprint density at radius 3 is 2.75 bits per heavy atom. The van der Waals surface area contributed by atoms with Gasteiger partial charge in [0.05, 0.1) is 6.20 Å². The molecule has 20 heavy (non-hydrogen) atoms. The fraction of sp³-hybridized carbons (Fsp3) is 0.133. The topological polar surface area (TPSA) is 42.4 Å². The molecule has 1 heterocycles. The fourth-order valence-corrected chi connectivity index (χ4v) is 1.50. The van der Waals surface area contributed by atoms with E-state index in [-0.39, 0.29) is 13.2 Å². The molecule has 0 saturated heterocycles. The van der Waals surface area contributed by atoms with Gasteiger partial charge in [0.1, 0.15) is 19.0 Å². The Labute approximate surface area is 114 Å². The van der Waals surface area contributed by atoms with Gasteiger partial charge in [0, 0.05) is 11.8 Å². The molecule has 0 fully saturated rings. The van der Waals surface area contributed by atoms with Crippen LogP contribution in [0.3, 0.4) is 0 Å². The summed E-state index contributed by atoms with van der Waals surface area (Å²) in [6.45, 7) is -0.143. The van der Waals surface area contributed by atoms with Gasteiger partial charge in [0.2, 0.25) is 0 Å². The third-order valence-electron chi connectivity index (χ3n) is 2.41. The second-order valence-electron chi connectivity index (χ2n) is 3.91. The molecular formula is C15H11F2NO2. The third kappa shape index (κ3) is 3.77. The predicted octanol–water partition coefficient (Wildman–Crippen LogP) is 2.28. The number of rotatable bonds is 3. The Bertz CT molecular complexity index is 662. The number of benzene rings is 1. The number of hydrogen-bond donors (Lipinski definition) is 1. The van der Waals surface area contributed by atoms with E-state index in [4.69, 9.17) is 9.84 Å². The molecule has 5 heteroatoms. The van der Waals surface area contributed by atoms with Crippen molar-refractivity contribution in [2.45, 2.75) is 6.61 Å². The smallest absolute Gasteiger partial charge is 0.159 e. The molecule has 0 aliphatic heterocycles. The summed E-state index contributed by atoms with van der Waals surface area (Å²) < 4.78 is 31.2. The summed E-state index contributed by atoms with van der Waals surface area (Å²) in [6, 6.07) is 5.23. The summed E-state index contributed by atoms with van der Waals surface area (Å²) in [4.78, 5) is 3.94. The van der Waals surface area contributed by atoms with Crippen molar-refractivity contribution in [2.24, 2.45) is 0 Å². The van der Waals surface area contributed by atoms with Gasteiger partial charge in [-0.05, 0) is 23.8 Å². The zero-order valence-corrected chi connectivity index (χ0v) is 10.4. The normalized spacial score (nSPS) is 9.75. The van der Waals surface area contributed by atoms with Crippen LogP contribution < -0.4 is 4.74 Å². The molecule has 1 N–H and O–H groups in total. The highest BCUT2D eigenvalue weighted by atomic mass is 19.2. The van der Waals surface area contributed by atoms with Crippen LogP contribution in [0.4, 0.5) is 8.78 Å². The van der Waals surface area contributed by atoms with Crippen molar-refractivity contribution >= 4 is 0 Å². The van der Waals surface area contributed by atoms with Gasteiger partial charge in [0.15, 0.2) is 11.6 Å². The monoisotopic (exact) mass is 275 g/mol. The van der Waals surface area contributed by atoms with Crippen molar-refractivity contribution in [1.82, 2.24) is 4.98 Å². The molecule has 1 aromatic heterocycles. The summed E-state index contributed by atoms with van der Waals surface area (Å²) in [5, 5.41) is 8.61. The van der Waals surface area contributed by atoms with Crippen molar-refractivity contribution in [3.05, 3.63) is 59.4 Å². The molecule has 0 amide bonds. The summed E-state index contributed by atoms with van der Waals surface area (Å²) in [6.07, 6.45) is 3.02. The van der Waals surface area contributed by atoms with Crippen molar-refractivity contribution in [2.75, 3.05) is 6.61 Å². The molecule has 0 unspecified atom stereocenters. The van der Waals surface area contributed by atoms with Crippen LogP contribution in [0.15, 0.2) is 36.7 Å². The lowest BCUT2D eigenvalue weighted by Crippen LogP contribution is -1.98. The lowest BCUT2D eigenvalue weighted by Gasteiger charge is -2.06. The SMILES string of the molecule is OCC#Cc1cncc(OCc2ccc(F)c(F)c2)c1. The quantitative estimate of drug-likeness (QED) is 0.874. The lowest BCUT2D eigenvalue weighted by atomic mass is 10.2. The fourth-order valence-electron chi connectivity index (χ4n) is 1.50. The average Bonchev–Trinajstić information content (AvgIpc) is 2.47. The van der Waals surface area contributed by atoms with Crippen LogP contribution in [-0.4, -0.2) is 16.7 Å². The number of aliphatic hydroxyl groups excluding tert-OH is 1. The highest BCUT2D eigenvalue weighted by Gasteiger charge is 2.03. The maximum Gasteiger partial charge on any atom is 0.159 e. The zero-order chi connectivity index (χ0) is 14.4. The summed E-state index contributed by atoms with van der Waals surface area (Å²) >= 11 is 0. The van der Waals surface area contributed by atoms with Crippen LogP contribution in [0.2, 0.25) is 0 Å². The van der Waals surface area contributed by atoms with Gasteiger partial charge in [0.25, 0.3) is 0 Å². The highest BCUT2D eigenvalue weighted by molar-refractivity contribution is 5.36. The summed E-state index contributed by atoms with van der Waals surface area (Å²) in [7, 11) is 0. The molecule has 0 atom stereocenters. The number of hydrogen-bond acceptors (Lipinski definition) is 3. The number of halogens is 2. The van der Waals surface area contributed by atoms with Gasteiger partial charge < -0.3 is 9.84 Å². The van der Waals surface area contributed by atoms with E-state index in [2.05, 4.69) is 16.8 Å². The van der Waals surface area contributed by atoms with E-state index >= 15 is 0 Å². The van der Waals surface area contributed by atoms with Crippen LogP contribution in [0.1, 0.15) is 11.1 Å². The molecule has 1 aromatic carbocycles. The lowest BCUT2D eigenvalue weighted by molar-refractivity contribution is 0.304. The molecule has 0 aliphatic rings. The number of aliphatic hydroxyl groups is 1. The molecular weight excluding hydrogens is 264 g/mol. The van der Waals surface area contributed by atoms with Gasteiger partial charge in [-0.25, -0.2) is 8.78 Å². The molecule has 0 spiro atoms. The predicted molar refractivity (Wildman–Crippen MR) is 68.9 cm³/mol. The van der Waals surface area contributed by atoms with Crippen molar-refractivity contribution in [1.29, 1.82) is 0 Å². The molecule has 0 radical (unpaired) electrons. The van der Waals surface area contributed by atoms with Crippen LogP contribution in [0.25, 0.3) is 0 Å². The van der Waals surface area contributed by atoms with E-state index in [1.54, 1.807) is 6.07 Å². The number of aromatic nitrogens is 1. The second kappa shape index (κ2) is 6.64. The molecule has 0 bridgehead atoms. The van der Waals surface area contributed by atoms with Gasteiger partial charge in [-0.2, -0.15) is 0 Å². The first kappa shape index (κ1) is 14.0. The van der Waals surface area contributed by atoms with E-state index in [0.29, 0.717) is 16.9 Å². The van der Waals surface area contributed by atoms with Crippen molar-refractivity contribution < 1.29 is 18.6 Å². The standard InChI is InChI=1S/C15H11F2NO2/c16-14-4-3-12(7-15(14)17)10-20-13-6-11(2-1-5-19)8-18-9-13/h3-4,6-9,19H,5,10H2. The molecule has 102 valence electrons. The maximum absolute atomic E-state index is 13.0. The van der Waals surface area contributed by atoms with Crippen LogP contribution >= 0.6 is 0 Å². The van der Waals surface area contributed by atoms with Crippen LogP contribution in [0, 0.1) is 23.5 Å². The molecule has 3 nitrogen and oxygen atoms in total. The Morgan fingerprint density at radius 1 is 1.15 bits per heavy atom. The number of pyridine rings is 1. The second-order valence-corrected chi connectivity index (χ2v) is 3.91. The maximum atomic E-state index is 13.0. The number of nitrogens with zero attached hydrogens (tertiary/aromatic N) is 1. The molecule has 0 saturated carbocycles. The van der Waals surface area contributed by atoms with Gasteiger partial charge in [-0.3, -0.25) is 4.98 Å². The third-order valence-corrected chi connectivity index (χ3v) is 2.41. The van der Waals surface area contributed by atoms with Crippen molar-refractivity contribution in [3.63, 3.8) is 0 Å². The minimum absolute atomic E-state index is 0.0930. The first-order valence-corrected chi connectivity index (χ1v) is 5.80. The van der Waals surface area contributed by atoms with Gasteiger partial charge in [-0.1, -0.05) is 17.9 Å². The Kier molecular flexibility index (Phi) is 4.64. The Morgan fingerprint density at radius 2 is 2.00 bits per heavy atom. The number of ether oxygens (including phenoxy) is 1. The molecule has 0 aliphatic carbocycles. The largest absolute Gasteiger partial charge is 0.487 e. The average molecular weight is 275 g/mol. The molecule has 2 rings (SSSR count). The van der Waals surface area contributed by atoms with E-state index in [1.165, 1.54) is 18.5 Å². The van der Waals surface area contributed by atoms with Crippen molar-refractivity contribution in [3.8, 4) is 17.6 Å². The van der Waals surface area contributed by atoms with Gasteiger partial charge >= 0.3 is 0 Å². The first-order chi connectivity index (χ1) is 9.69. The zero-order valence-electron chi connectivity index (χ0n) is 10.4. The van der Waals surface area contributed by atoms with Crippen LogP contribution in [-0.2, 0) is 6.61 Å². The molecule has 2 aromatic rings. The van der Waals surface area contributed by atoms with Gasteiger partial charge in [-0.15, -0.1) is 0 Å². The highest BCUT2D eigenvalue weighted by Crippen LogP contribution is 2.14. The first-order valence-electron chi connectivity index (χ1n) is 5.80. The van der Waals surface area contributed by atoms with E-state index < -0.39 is 11.6 Å². The summed E-state index contributed by atoms with van der Waals surface area (Å²) in [5.41, 5.74) is 1.11. The van der Waals surface area contributed by atoms with E-state index in [1.807, 2.05) is 0 Å². The van der Waals surface area contributed by atoms with E-state index in [0.717, 1.165) is 12.1 Å². The Hall–Kier alpha value is -2.45. The minimum atomic E-state index is -0.910. The summed E-state index contributed by atoms with van der Waals surface area (Å²) in [5.74, 6) is 3.85. The van der Waals surface area contributed by atoms with E-state index in [9.17, 15) is 8.78 Å². The van der Waals surface area contributed by atoms with Crippen LogP contribution in [0.5, 0.6) is 5.75 Å².